The SMILES string of the molecule is CC(C)(C)c1nc(C=O)c(N)s1.CNc1cnccc1N1CCCCC1. The second kappa shape index (κ2) is 8.98. The Morgan fingerprint density at radius 3 is 2.46 bits per heavy atom. The zero-order valence-electron chi connectivity index (χ0n) is 16.1. The molecule has 6 nitrogen and oxygen atoms in total. The van der Waals surface area contributed by atoms with Gasteiger partial charge in [0.05, 0.1) is 17.6 Å². The molecule has 0 spiro atoms. The number of aldehydes is 1. The minimum atomic E-state index is -0.0277. The molecule has 0 atom stereocenters. The van der Waals surface area contributed by atoms with Gasteiger partial charge in [0.25, 0.3) is 0 Å². The molecule has 0 bridgehead atoms. The van der Waals surface area contributed by atoms with Crippen LogP contribution < -0.4 is 16.0 Å². The Labute approximate surface area is 159 Å². The lowest BCUT2D eigenvalue weighted by molar-refractivity contribution is 0.112. The van der Waals surface area contributed by atoms with Gasteiger partial charge in [0, 0.05) is 31.7 Å². The zero-order valence-corrected chi connectivity index (χ0v) is 16.9. The number of rotatable bonds is 3. The molecule has 0 unspecified atom stereocenters. The molecule has 142 valence electrons. The molecule has 7 heteroatoms. The number of nitrogens with one attached hydrogen (secondary N) is 1. The van der Waals surface area contributed by atoms with Crippen LogP contribution in [0.2, 0.25) is 0 Å². The van der Waals surface area contributed by atoms with Crippen molar-refractivity contribution in [2.45, 2.75) is 45.4 Å². The number of anilines is 3. The van der Waals surface area contributed by atoms with Crippen molar-refractivity contribution in [2.24, 2.45) is 0 Å². The lowest BCUT2D eigenvalue weighted by Gasteiger charge is -2.30. The topological polar surface area (TPSA) is 84.1 Å². The molecule has 26 heavy (non-hydrogen) atoms. The third kappa shape index (κ3) is 5.17. The number of hydrogen-bond donors (Lipinski definition) is 2. The van der Waals surface area contributed by atoms with Gasteiger partial charge in [-0.1, -0.05) is 20.8 Å². The van der Waals surface area contributed by atoms with E-state index in [1.54, 1.807) is 0 Å². The quantitative estimate of drug-likeness (QED) is 0.790. The molecule has 0 radical (unpaired) electrons. The van der Waals surface area contributed by atoms with Crippen LogP contribution in [0.4, 0.5) is 16.4 Å². The monoisotopic (exact) mass is 375 g/mol. The molecule has 3 heterocycles. The van der Waals surface area contributed by atoms with Crippen molar-refractivity contribution in [2.75, 3.05) is 36.1 Å². The van der Waals surface area contributed by atoms with Crippen molar-refractivity contribution in [3.8, 4) is 0 Å². The highest BCUT2D eigenvalue weighted by atomic mass is 32.1. The molecule has 1 saturated heterocycles. The summed E-state index contributed by atoms with van der Waals surface area (Å²) in [5.74, 6) is 0. The van der Waals surface area contributed by atoms with Gasteiger partial charge in [-0.25, -0.2) is 4.98 Å². The second-order valence-electron chi connectivity index (χ2n) is 7.33. The molecule has 1 aliphatic rings. The molecule has 1 aliphatic heterocycles. The first-order chi connectivity index (χ1) is 12.4. The zero-order chi connectivity index (χ0) is 19.2. The standard InChI is InChI=1S/C11H17N3.C8H12N2OS/c1-12-10-9-13-6-5-11(10)14-7-3-2-4-8-14;1-8(2,3)7-10-5(4-11)6(9)12-7/h5-6,9,12H,2-4,7-8H2,1H3;4H,9H2,1-3H3. The minimum Gasteiger partial charge on any atom is -0.389 e. The number of nitrogens with zero attached hydrogens (tertiary/aromatic N) is 3. The fourth-order valence-corrected chi connectivity index (χ4v) is 3.60. The van der Waals surface area contributed by atoms with Gasteiger partial charge in [0.15, 0.2) is 6.29 Å². The number of nitrogen functional groups attached to an aromatic ring is 1. The van der Waals surface area contributed by atoms with Crippen LogP contribution in [0.3, 0.4) is 0 Å². The van der Waals surface area contributed by atoms with E-state index in [4.69, 9.17) is 5.73 Å². The highest BCUT2D eigenvalue weighted by Gasteiger charge is 2.20. The molecule has 0 aliphatic carbocycles. The lowest BCUT2D eigenvalue weighted by atomic mass is 9.98. The second-order valence-corrected chi connectivity index (χ2v) is 8.36. The van der Waals surface area contributed by atoms with Crippen LogP contribution in [0.25, 0.3) is 0 Å². The predicted octanol–water partition coefficient (Wildman–Crippen LogP) is 3.95. The molecule has 2 aromatic rings. The number of carbonyl (C=O) groups excluding carboxylic acids is 1. The van der Waals surface area contributed by atoms with E-state index in [-0.39, 0.29) is 5.41 Å². The van der Waals surface area contributed by atoms with Gasteiger partial charge in [-0.2, -0.15) is 0 Å². The normalized spacial score (nSPS) is 14.4. The average molecular weight is 376 g/mol. The Bertz CT molecular complexity index is 717. The van der Waals surface area contributed by atoms with E-state index in [1.807, 2.05) is 40.2 Å². The Hall–Kier alpha value is -2.15. The minimum absolute atomic E-state index is 0.0277. The van der Waals surface area contributed by atoms with Crippen LogP contribution in [0.1, 0.15) is 55.5 Å². The summed E-state index contributed by atoms with van der Waals surface area (Å²) in [6, 6.07) is 2.09. The molecule has 3 rings (SSSR count). The summed E-state index contributed by atoms with van der Waals surface area (Å²) >= 11 is 1.38. The van der Waals surface area contributed by atoms with Crippen molar-refractivity contribution in [3.63, 3.8) is 0 Å². The van der Waals surface area contributed by atoms with Crippen LogP contribution >= 0.6 is 11.3 Å². The maximum atomic E-state index is 10.4. The first kappa shape index (κ1) is 20.2. The van der Waals surface area contributed by atoms with Crippen molar-refractivity contribution in [1.29, 1.82) is 0 Å². The summed E-state index contributed by atoms with van der Waals surface area (Å²) in [6.45, 7) is 8.48. The number of hydrogen-bond acceptors (Lipinski definition) is 7. The van der Waals surface area contributed by atoms with Crippen molar-refractivity contribution in [1.82, 2.24) is 9.97 Å². The molecule has 0 saturated carbocycles. The first-order valence-corrected chi connectivity index (χ1v) is 9.77. The third-order valence-electron chi connectivity index (χ3n) is 4.20. The van der Waals surface area contributed by atoms with Gasteiger partial charge in [0.1, 0.15) is 15.7 Å². The predicted molar refractivity (Wildman–Crippen MR) is 110 cm³/mol. The van der Waals surface area contributed by atoms with Gasteiger partial charge in [-0.15, -0.1) is 11.3 Å². The molecule has 0 amide bonds. The van der Waals surface area contributed by atoms with Crippen LogP contribution in [0.15, 0.2) is 18.5 Å². The number of piperidine rings is 1. The Morgan fingerprint density at radius 2 is 1.96 bits per heavy atom. The van der Waals surface area contributed by atoms with Crippen molar-refractivity contribution in [3.05, 3.63) is 29.2 Å². The number of aromatic nitrogens is 2. The van der Waals surface area contributed by atoms with Crippen LogP contribution in [-0.4, -0.2) is 36.4 Å². The van der Waals surface area contributed by atoms with E-state index in [2.05, 4.69) is 26.3 Å². The highest BCUT2D eigenvalue weighted by Crippen LogP contribution is 2.30. The molecule has 2 aromatic heterocycles. The summed E-state index contributed by atoms with van der Waals surface area (Å²) in [5.41, 5.74) is 8.34. The Kier molecular flexibility index (Phi) is 6.97. The molecule has 3 N–H and O–H groups in total. The molecular weight excluding hydrogens is 346 g/mol. The summed E-state index contributed by atoms with van der Waals surface area (Å²) in [7, 11) is 1.95. The smallest absolute Gasteiger partial charge is 0.171 e. The molecular formula is C19H29N5OS. The van der Waals surface area contributed by atoms with E-state index >= 15 is 0 Å². The number of carbonyl (C=O) groups is 1. The van der Waals surface area contributed by atoms with Gasteiger partial charge < -0.3 is 16.0 Å². The van der Waals surface area contributed by atoms with E-state index in [1.165, 1.54) is 49.4 Å². The fourth-order valence-electron chi connectivity index (χ4n) is 2.74. The van der Waals surface area contributed by atoms with E-state index in [0.717, 1.165) is 10.7 Å². The maximum Gasteiger partial charge on any atom is 0.171 e. The summed E-state index contributed by atoms with van der Waals surface area (Å²) in [5, 5.41) is 4.60. The van der Waals surface area contributed by atoms with Gasteiger partial charge >= 0.3 is 0 Å². The van der Waals surface area contributed by atoms with Crippen LogP contribution in [-0.2, 0) is 5.41 Å². The molecule has 0 aromatic carbocycles. The van der Waals surface area contributed by atoms with Gasteiger partial charge in [0.2, 0.25) is 0 Å². The number of thiazole rings is 1. The summed E-state index contributed by atoms with van der Waals surface area (Å²) in [4.78, 5) is 21.1. The van der Waals surface area contributed by atoms with Crippen molar-refractivity contribution < 1.29 is 4.79 Å². The highest BCUT2D eigenvalue weighted by molar-refractivity contribution is 7.16. The van der Waals surface area contributed by atoms with Crippen LogP contribution in [0, 0.1) is 0 Å². The molecule has 1 fully saturated rings. The summed E-state index contributed by atoms with van der Waals surface area (Å²) in [6.07, 6.45) is 8.45. The van der Waals surface area contributed by atoms with E-state index in [9.17, 15) is 4.79 Å². The van der Waals surface area contributed by atoms with Crippen LogP contribution in [0.5, 0.6) is 0 Å². The van der Waals surface area contributed by atoms with Gasteiger partial charge in [-0.05, 0) is 25.3 Å². The van der Waals surface area contributed by atoms with Crippen molar-refractivity contribution >= 4 is 34.0 Å². The van der Waals surface area contributed by atoms with E-state index in [0.29, 0.717) is 17.0 Å². The third-order valence-corrected chi connectivity index (χ3v) is 5.52. The Balaban J connectivity index is 0.000000190. The fraction of sp³-hybridized carbons (Fsp3) is 0.526. The summed E-state index contributed by atoms with van der Waals surface area (Å²) < 4.78 is 0. The van der Waals surface area contributed by atoms with Gasteiger partial charge in [-0.3, -0.25) is 9.78 Å². The van der Waals surface area contributed by atoms with E-state index < -0.39 is 0 Å². The lowest BCUT2D eigenvalue weighted by Crippen LogP contribution is -2.29. The first-order valence-electron chi connectivity index (χ1n) is 8.95. The Morgan fingerprint density at radius 1 is 1.27 bits per heavy atom. The maximum absolute atomic E-state index is 10.4. The number of pyridine rings is 1. The average Bonchev–Trinajstić information content (AvgIpc) is 3.04. The number of nitrogens with two attached hydrogens (primary N) is 1. The largest absolute Gasteiger partial charge is 0.389 e.